The van der Waals surface area contributed by atoms with Crippen LogP contribution in [0.3, 0.4) is 0 Å². The van der Waals surface area contributed by atoms with Gasteiger partial charge in [-0.15, -0.1) is 0 Å². The monoisotopic (exact) mass is 316 g/mol. The van der Waals surface area contributed by atoms with Gasteiger partial charge in [-0.05, 0) is 18.2 Å². The number of carboxylic acids is 1. The van der Waals surface area contributed by atoms with E-state index in [9.17, 15) is 22.0 Å². The molecule has 0 aliphatic heterocycles. The molecule has 1 N–H and O–H groups in total. The van der Waals surface area contributed by atoms with Crippen molar-refractivity contribution in [2.45, 2.75) is 11.4 Å². The van der Waals surface area contributed by atoms with Crippen LogP contribution in [0, 0.1) is 11.6 Å². The van der Waals surface area contributed by atoms with Crippen molar-refractivity contribution < 1.29 is 27.1 Å². The Morgan fingerprint density at radius 1 is 1.33 bits per heavy atom. The molecule has 1 aromatic heterocycles. The van der Waals surface area contributed by atoms with Gasteiger partial charge in [0.25, 0.3) is 0 Å². The summed E-state index contributed by atoms with van der Waals surface area (Å²) in [7, 11) is -4.11. The van der Waals surface area contributed by atoms with Crippen LogP contribution in [-0.4, -0.2) is 35.0 Å². The van der Waals surface area contributed by atoms with Crippen LogP contribution in [0.25, 0.3) is 0 Å². The number of carbonyl (C=O) groups is 1. The van der Waals surface area contributed by atoms with Gasteiger partial charge in [0, 0.05) is 12.4 Å². The summed E-state index contributed by atoms with van der Waals surface area (Å²) in [6.07, 6.45) is 2.98. The summed E-state index contributed by atoms with van der Waals surface area (Å²) in [4.78, 5) is 9.94. The molecule has 0 aliphatic carbocycles. The smallest absolute Gasteiger partial charge is 0.341 e. The fourth-order valence-corrected chi connectivity index (χ4v) is 3.02. The van der Waals surface area contributed by atoms with E-state index in [1.54, 1.807) is 6.07 Å². The molecule has 0 radical (unpaired) electrons. The third-order valence-electron chi connectivity index (χ3n) is 2.75. The molecule has 0 aliphatic rings. The lowest BCUT2D eigenvalue weighted by atomic mass is 10.2. The lowest BCUT2D eigenvalue weighted by Crippen LogP contribution is -2.17. The van der Waals surface area contributed by atoms with E-state index in [1.165, 1.54) is 17.1 Å². The van der Waals surface area contributed by atoms with Crippen LogP contribution in [0.4, 0.5) is 8.78 Å². The molecule has 2 rings (SSSR count). The molecule has 0 saturated heterocycles. The van der Waals surface area contributed by atoms with Gasteiger partial charge in [0.05, 0.1) is 12.3 Å². The first-order valence-corrected chi connectivity index (χ1v) is 7.39. The van der Waals surface area contributed by atoms with Gasteiger partial charge in [-0.3, -0.25) is 4.68 Å². The SMILES string of the molecule is O=C(O)c1c(F)ccc(S(=O)(=O)CCn2cccn2)c1F. The maximum atomic E-state index is 13.9. The Labute approximate surface area is 118 Å². The number of halogens is 2. The van der Waals surface area contributed by atoms with E-state index in [0.29, 0.717) is 6.07 Å². The zero-order valence-corrected chi connectivity index (χ0v) is 11.3. The lowest BCUT2D eigenvalue weighted by molar-refractivity contribution is 0.0685. The average Bonchev–Trinajstić information content (AvgIpc) is 2.88. The van der Waals surface area contributed by atoms with E-state index in [-0.39, 0.29) is 6.54 Å². The van der Waals surface area contributed by atoms with Gasteiger partial charge in [0.2, 0.25) is 0 Å². The molecule has 0 unspecified atom stereocenters. The van der Waals surface area contributed by atoms with Crippen molar-refractivity contribution in [3.05, 3.63) is 47.8 Å². The van der Waals surface area contributed by atoms with Crippen LogP contribution >= 0.6 is 0 Å². The Balaban J connectivity index is 2.36. The fourth-order valence-electron chi connectivity index (χ4n) is 1.73. The minimum absolute atomic E-state index is 0.0332. The van der Waals surface area contributed by atoms with Crippen molar-refractivity contribution in [3.63, 3.8) is 0 Å². The van der Waals surface area contributed by atoms with Gasteiger partial charge in [-0.1, -0.05) is 0 Å². The highest BCUT2D eigenvalue weighted by Gasteiger charge is 2.26. The molecular formula is C12H10F2N2O4S. The summed E-state index contributed by atoms with van der Waals surface area (Å²) in [5.41, 5.74) is -1.28. The van der Waals surface area contributed by atoms with Gasteiger partial charge in [-0.2, -0.15) is 5.10 Å². The summed E-state index contributed by atoms with van der Waals surface area (Å²) < 4.78 is 52.6. The Kier molecular flexibility index (Phi) is 4.03. The number of hydrogen-bond acceptors (Lipinski definition) is 4. The summed E-state index contributed by atoms with van der Waals surface area (Å²) in [6, 6.07) is 2.93. The highest BCUT2D eigenvalue weighted by molar-refractivity contribution is 7.91. The first-order valence-electron chi connectivity index (χ1n) is 5.74. The van der Waals surface area contributed by atoms with Crippen molar-refractivity contribution in [1.82, 2.24) is 9.78 Å². The number of aromatic carboxylic acids is 1. The van der Waals surface area contributed by atoms with E-state index < -0.39 is 43.7 Å². The number of nitrogens with zero attached hydrogens (tertiary/aromatic N) is 2. The van der Waals surface area contributed by atoms with Gasteiger partial charge in [0.15, 0.2) is 15.7 Å². The highest BCUT2D eigenvalue weighted by atomic mass is 32.2. The van der Waals surface area contributed by atoms with Gasteiger partial charge in [-0.25, -0.2) is 22.0 Å². The minimum Gasteiger partial charge on any atom is -0.477 e. The third kappa shape index (κ3) is 3.07. The second kappa shape index (κ2) is 5.60. The summed E-state index contributed by atoms with van der Waals surface area (Å²) in [6.45, 7) is -0.0332. The largest absolute Gasteiger partial charge is 0.477 e. The zero-order chi connectivity index (χ0) is 15.6. The van der Waals surface area contributed by atoms with Crippen molar-refractivity contribution in [3.8, 4) is 0 Å². The Morgan fingerprint density at radius 3 is 2.62 bits per heavy atom. The topological polar surface area (TPSA) is 89.3 Å². The maximum absolute atomic E-state index is 13.9. The van der Waals surface area contributed by atoms with Crippen LogP contribution in [0.5, 0.6) is 0 Å². The highest BCUT2D eigenvalue weighted by Crippen LogP contribution is 2.22. The normalized spacial score (nSPS) is 11.5. The Morgan fingerprint density at radius 2 is 2.05 bits per heavy atom. The molecule has 0 spiro atoms. The van der Waals surface area contributed by atoms with E-state index in [0.717, 1.165) is 6.07 Å². The number of sulfone groups is 1. The number of aromatic nitrogens is 2. The third-order valence-corrected chi connectivity index (χ3v) is 4.46. The van der Waals surface area contributed by atoms with E-state index in [4.69, 9.17) is 5.11 Å². The van der Waals surface area contributed by atoms with Gasteiger partial charge < -0.3 is 5.11 Å². The lowest BCUT2D eigenvalue weighted by Gasteiger charge is -2.08. The van der Waals surface area contributed by atoms with Crippen LogP contribution in [-0.2, 0) is 16.4 Å². The molecular weight excluding hydrogens is 306 g/mol. The van der Waals surface area contributed by atoms with Crippen LogP contribution in [0.2, 0.25) is 0 Å². The molecule has 0 atom stereocenters. The van der Waals surface area contributed by atoms with Crippen LogP contribution in [0.1, 0.15) is 10.4 Å². The predicted octanol–water partition coefficient (Wildman–Crippen LogP) is 1.33. The van der Waals surface area contributed by atoms with E-state index in [2.05, 4.69) is 5.10 Å². The first kappa shape index (κ1) is 15.1. The van der Waals surface area contributed by atoms with Crippen molar-refractivity contribution >= 4 is 15.8 Å². The number of hydrogen-bond donors (Lipinski definition) is 1. The predicted molar refractivity (Wildman–Crippen MR) is 67.6 cm³/mol. The number of aryl methyl sites for hydroxylation is 1. The molecule has 0 amide bonds. The van der Waals surface area contributed by atoms with Gasteiger partial charge >= 0.3 is 5.97 Å². The summed E-state index contributed by atoms with van der Waals surface area (Å²) >= 11 is 0. The molecule has 1 aromatic carbocycles. The molecule has 9 heteroatoms. The molecule has 6 nitrogen and oxygen atoms in total. The van der Waals surface area contributed by atoms with Crippen molar-refractivity contribution in [1.29, 1.82) is 0 Å². The zero-order valence-electron chi connectivity index (χ0n) is 10.5. The Bertz CT molecular complexity index is 773. The number of benzene rings is 1. The van der Waals surface area contributed by atoms with Crippen molar-refractivity contribution in [2.75, 3.05) is 5.75 Å². The Hall–Kier alpha value is -2.29. The van der Waals surface area contributed by atoms with E-state index >= 15 is 0 Å². The summed E-state index contributed by atoms with van der Waals surface area (Å²) in [5, 5.41) is 12.5. The second-order valence-corrected chi connectivity index (χ2v) is 6.21. The summed E-state index contributed by atoms with van der Waals surface area (Å²) in [5.74, 6) is -5.28. The molecule has 0 bridgehead atoms. The standard InChI is InChI=1S/C12H10F2N2O4S/c13-8-2-3-9(11(14)10(8)12(17)18)21(19,20)7-6-16-5-1-4-15-16/h1-5H,6-7H2,(H,17,18). The average molecular weight is 316 g/mol. The molecule has 1 heterocycles. The second-order valence-electron chi connectivity index (χ2n) is 4.13. The first-order chi connectivity index (χ1) is 9.83. The maximum Gasteiger partial charge on any atom is 0.341 e. The minimum atomic E-state index is -4.11. The molecule has 0 saturated carbocycles. The number of carboxylic acid groups (broad SMARTS) is 1. The molecule has 0 fully saturated rings. The van der Waals surface area contributed by atoms with Gasteiger partial charge in [0.1, 0.15) is 16.3 Å². The fraction of sp³-hybridized carbons (Fsp3) is 0.167. The molecule has 112 valence electrons. The number of rotatable bonds is 5. The van der Waals surface area contributed by atoms with Crippen LogP contribution < -0.4 is 0 Å². The van der Waals surface area contributed by atoms with Crippen LogP contribution in [0.15, 0.2) is 35.5 Å². The molecule has 2 aromatic rings. The van der Waals surface area contributed by atoms with Crippen molar-refractivity contribution in [2.24, 2.45) is 0 Å². The quantitative estimate of drug-likeness (QED) is 0.841. The van der Waals surface area contributed by atoms with E-state index in [1.807, 2.05) is 0 Å². The molecule has 21 heavy (non-hydrogen) atoms.